The van der Waals surface area contributed by atoms with Crippen molar-refractivity contribution in [2.75, 3.05) is 7.11 Å². The molecule has 0 saturated carbocycles. The minimum atomic E-state index is -0.201. The van der Waals surface area contributed by atoms with E-state index in [2.05, 4.69) is 9.97 Å². The Labute approximate surface area is 125 Å². The van der Waals surface area contributed by atoms with Crippen LogP contribution in [0.2, 0.25) is 0 Å². The van der Waals surface area contributed by atoms with Gasteiger partial charge in [-0.3, -0.25) is 9.20 Å². The van der Waals surface area contributed by atoms with Gasteiger partial charge in [-0.2, -0.15) is 0 Å². The summed E-state index contributed by atoms with van der Waals surface area (Å²) in [5.74, 6) is 0.758. The van der Waals surface area contributed by atoms with Crippen LogP contribution in [0, 0.1) is 0 Å². The third-order valence-electron chi connectivity index (χ3n) is 3.69. The second-order valence-corrected chi connectivity index (χ2v) is 5.02. The van der Waals surface area contributed by atoms with Gasteiger partial charge in [0, 0.05) is 11.8 Å². The van der Waals surface area contributed by atoms with Crippen molar-refractivity contribution in [2.45, 2.75) is 0 Å². The van der Waals surface area contributed by atoms with Crippen molar-refractivity contribution >= 4 is 16.7 Å². The van der Waals surface area contributed by atoms with Gasteiger partial charge < -0.3 is 9.72 Å². The van der Waals surface area contributed by atoms with Crippen LogP contribution in [0.5, 0.6) is 5.75 Å². The first-order chi connectivity index (χ1) is 10.8. The Balaban J connectivity index is 2.02. The average molecular weight is 291 g/mol. The molecule has 2 heterocycles. The van der Waals surface area contributed by atoms with Gasteiger partial charge in [-0.25, -0.2) is 4.98 Å². The van der Waals surface area contributed by atoms with E-state index in [1.54, 1.807) is 7.11 Å². The van der Waals surface area contributed by atoms with Crippen molar-refractivity contribution in [1.29, 1.82) is 0 Å². The number of ether oxygens (including phenoxy) is 1. The van der Waals surface area contributed by atoms with Crippen LogP contribution in [0.25, 0.3) is 27.9 Å². The predicted octanol–water partition coefficient (Wildman–Crippen LogP) is 2.85. The number of benzene rings is 2. The molecule has 1 N–H and O–H groups in total. The number of imidazole rings is 1. The monoisotopic (exact) mass is 291 g/mol. The van der Waals surface area contributed by atoms with E-state index in [0.717, 1.165) is 28.0 Å². The number of hydrogen-bond acceptors (Lipinski definition) is 3. The highest BCUT2D eigenvalue weighted by Gasteiger charge is 2.10. The molecule has 0 aliphatic carbocycles. The number of fused-ring (bicyclic) bond motifs is 3. The lowest BCUT2D eigenvalue weighted by Gasteiger charge is -2.01. The van der Waals surface area contributed by atoms with Crippen molar-refractivity contribution in [1.82, 2.24) is 14.4 Å². The van der Waals surface area contributed by atoms with Crippen molar-refractivity contribution in [3.8, 4) is 17.0 Å². The number of rotatable bonds is 2. The number of hydrogen-bond donors (Lipinski definition) is 1. The molecule has 2 aromatic carbocycles. The highest BCUT2D eigenvalue weighted by Crippen LogP contribution is 2.24. The minimum absolute atomic E-state index is 0.201. The maximum atomic E-state index is 12.2. The van der Waals surface area contributed by atoms with Crippen LogP contribution in [-0.4, -0.2) is 21.5 Å². The van der Waals surface area contributed by atoms with E-state index in [-0.39, 0.29) is 5.56 Å². The molecule has 2 aromatic heterocycles. The van der Waals surface area contributed by atoms with E-state index in [1.807, 2.05) is 59.1 Å². The minimum Gasteiger partial charge on any atom is -0.497 e. The fraction of sp³-hybridized carbons (Fsp3) is 0.0588. The zero-order valence-electron chi connectivity index (χ0n) is 11.9. The molecule has 5 nitrogen and oxygen atoms in total. The molecule has 0 saturated heterocycles. The molecule has 0 fully saturated rings. The summed E-state index contributed by atoms with van der Waals surface area (Å²) in [5.41, 5.74) is 3.53. The first-order valence-electron chi connectivity index (χ1n) is 6.91. The fourth-order valence-electron chi connectivity index (χ4n) is 2.61. The van der Waals surface area contributed by atoms with Crippen LogP contribution in [-0.2, 0) is 0 Å². The molecule has 4 aromatic rings. The standard InChI is InChI=1S/C17H13N3O2/c1-22-12-6-4-5-11(9-12)14-10-20-15-8-3-2-7-13(15)19-17(21)16(20)18-14/h2-10H,1H3,(H,19,21). The molecule has 0 spiro atoms. The molecule has 0 amide bonds. The molecule has 0 bridgehead atoms. The van der Waals surface area contributed by atoms with Crippen molar-refractivity contribution in [3.05, 3.63) is 65.1 Å². The van der Waals surface area contributed by atoms with Gasteiger partial charge in [0.15, 0.2) is 0 Å². The number of nitrogens with one attached hydrogen (secondary N) is 1. The van der Waals surface area contributed by atoms with Crippen LogP contribution in [0.15, 0.2) is 59.5 Å². The zero-order chi connectivity index (χ0) is 15.1. The lowest BCUT2D eigenvalue weighted by molar-refractivity contribution is 0.415. The fourth-order valence-corrected chi connectivity index (χ4v) is 2.61. The van der Waals surface area contributed by atoms with Crippen LogP contribution >= 0.6 is 0 Å². The molecular formula is C17H13N3O2. The predicted molar refractivity (Wildman–Crippen MR) is 85.3 cm³/mol. The molecule has 5 heteroatoms. The van der Waals surface area contributed by atoms with E-state index in [9.17, 15) is 4.79 Å². The zero-order valence-corrected chi connectivity index (χ0v) is 11.9. The average Bonchev–Trinajstić information content (AvgIpc) is 3.01. The van der Waals surface area contributed by atoms with Crippen molar-refractivity contribution in [2.24, 2.45) is 0 Å². The van der Waals surface area contributed by atoms with Gasteiger partial charge in [-0.15, -0.1) is 0 Å². The summed E-state index contributed by atoms with van der Waals surface area (Å²) in [6, 6.07) is 15.3. The Hall–Kier alpha value is -3.08. The molecular weight excluding hydrogens is 278 g/mol. The summed E-state index contributed by atoms with van der Waals surface area (Å²) in [4.78, 5) is 19.5. The highest BCUT2D eigenvalue weighted by atomic mass is 16.5. The first kappa shape index (κ1) is 12.6. The number of para-hydroxylation sites is 2. The molecule has 108 valence electrons. The third kappa shape index (κ3) is 1.87. The number of H-pyrrole nitrogens is 1. The smallest absolute Gasteiger partial charge is 0.292 e. The van der Waals surface area contributed by atoms with Crippen LogP contribution in [0.1, 0.15) is 0 Å². The van der Waals surface area contributed by atoms with Gasteiger partial charge in [0.2, 0.25) is 5.65 Å². The second-order valence-electron chi connectivity index (χ2n) is 5.02. The summed E-state index contributed by atoms with van der Waals surface area (Å²) in [5, 5.41) is 0. The first-order valence-corrected chi connectivity index (χ1v) is 6.91. The van der Waals surface area contributed by atoms with Gasteiger partial charge in [0.05, 0.1) is 23.8 Å². The Morgan fingerprint density at radius 3 is 2.86 bits per heavy atom. The number of aromatic nitrogens is 3. The van der Waals surface area contributed by atoms with E-state index < -0.39 is 0 Å². The van der Waals surface area contributed by atoms with Crippen LogP contribution in [0.4, 0.5) is 0 Å². The van der Waals surface area contributed by atoms with Gasteiger partial charge in [-0.1, -0.05) is 24.3 Å². The number of aromatic amines is 1. The Morgan fingerprint density at radius 2 is 2.00 bits per heavy atom. The summed E-state index contributed by atoms with van der Waals surface area (Å²) >= 11 is 0. The van der Waals surface area contributed by atoms with E-state index in [1.165, 1.54) is 0 Å². The van der Waals surface area contributed by atoms with E-state index >= 15 is 0 Å². The van der Waals surface area contributed by atoms with Gasteiger partial charge in [0.1, 0.15) is 5.75 Å². The topological polar surface area (TPSA) is 59.4 Å². The van der Waals surface area contributed by atoms with Crippen LogP contribution < -0.4 is 10.3 Å². The second kappa shape index (κ2) is 4.73. The summed E-state index contributed by atoms with van der Waals surface area (Å²) in [7, 11) is 1.63. The molecule has 0 radical (unpaired) electrons. The molecule has 0 atom stereocenters. The van der Waals surface area contributed by atoms with Crippen LogP contribution in [0.3, 0.4) is 0 Å². The van der Waals surface area contributed by atoms with Gasteiger partial charge >= 0.3 is 0 Å². The van der Waals surface area contributed by atoms with E-state index in [0.29, 0.717) is 5.65 Å². The number of methoxy groups -OCH3 is 1. The van der Waals surface area contributed by atoms with Crippen molar-refractivity contribution < 1.29 is 4.74 Å². The maximum absolute atomic E-state index is 12.2. The molecule has 0 unspecified atom stereocenters. The Kier molecular flexibility index (Phi) is 2.72. The maximum Gasteiger partial charge on any atom is 0.292 e. The Bertz CT molecular complexity index is 1050. The van der Waals surface area contributed by atoms with Crippen molar-refractivity contribution in [3.63, 3.8) is 0 Å². The summed E-state index contributed by atoms with van der Waals surface area (Å²) < 4.78 is 7.06. The SMILES string of the molecule is COc1cccc(-c2cn3c(n2)c(=O)[nH]c2ccccc23)c1. The summed E-state index contributed by atoms with van der Waals surface area (Å²) in [6.07, 6.45) is 1.88. The lowest BCUT2D eigenvalue weighted by atomic mass is 10.1. The third-order valence-corrected chi connectivity index (χ3v) is 3.69. The largest absolute Gasteiger partial charge is 0.497 e. The number of nitrogens with zero attached hydrogens (tertiary/aromatic N) is 2. The molecule has 22 heavy (non-hydrogen) atoms. The lowest BCUT2D eigenvalue weighted by Crippen LogP contribution is -2.10. The molecule has 0 aliphatic rings. The van der Waals surface area contributed by atoms with Gasteiger partial charge in [-0.05, 0) is 24.3 Å². The quantitative estimate of drug-likeness (QED) is 0.618. The Morgan fingerprint density at radius 1 is 1.14 bits per heavy atom. The molecule has 0 aliphatic heterocycles. The van der Waals surface area contributed by atoms with Gasteiger partial charge in [0.25, 0.3) is 5.56 Å². The van der Waals surface area contributed by atoms with E-state index in [4.69, 9.17) is 4.74 Å². The highest BCUT2D eigenvalue weighted by molar-refractivity contribution is 5.78. The summed E-state index contributed by atoms with van der Waals surface area (Å²) in [6.45, 7) is 0. The molecule has 4 rings (SSSR count). The normalized spacial score (nSPS) is 11.1.